The Morgan fingerprint density at radius 1 is 1.18 bits per heavy atom. The fourth-order valence-corrected chi connectivity index (χ4v) is 4.94. The van der Waals surface area contributed by atoms with Crippen LogP contribution in [0.4, 0.5) is 0 Å². The Morgan fingerprint density at radius 2 is 1.94 bits per heavy atom. The molecule has 9 heteroatoms. The van der Waals surface area contributed by atoms with Crippen molar-refractivity contribution >= 4 is 23.4 Å². The highest BCUT2D eigenvalue weighted by Crippen LogP contribution is 2.36. The first-order valence-corrected chi connectivity index (χ1v) is 11.4. The molecular formula is C25H24N2O6S. The van der Waals surface area contributed by atoms with Gasteiger partial charge in [-0.2, -0.15) is 0 Å². The number of rotatable bonds is 6. The largest absolute Gasteiger partial charge is 0.508 e. The second-order valence-electron chi connectivity index (χ2n) is 7.51. The number of carbonyl (C=O) groups is 1. The van der Waals surface area contributed by atoms with Gasteiger partial charge in [0.25, 0.3) is 5.56 Å². The summed E-state index contributed by atoms with van der Waals surface area (Å²) in [7, 11) is 3.06. The van der Waals surface area contributed by atoms with E-state index < -0.39 is 12.0 Å². The summed E-state index contributed by atoms with van der Waals surface area (Å²) < 4.78 is 18.0. The smallest absolute Gasteiger partial charge is 0.338 e. The van der Waals surface area contributed by atoms with Crippen molar-refractivity contribution in [2.45, 2.75) is 19.9 Å². The average Bonchev–Trinajstić information content (AvgIpc) is 3.12. The number of phenolic OH excluding ortho intramolecular Hbond substituents is 1. The Hall–Kier alpha value is -3.85. The number of ether oxygens (including phenoxy) is 3. The molecule has 0 aliphatic carbocycles. The van der Waals surface area contributed by atoms with Gasteiger partial charge in [0.05, 0.1) is 42.7 Å². The van der Waals surface area contributed by atoms with Crippen LogP contribution in [-0.2, 0) is 9.53 Å². The van der Waals surface area contributed by atoms with Gasteiger partial charge in [0, 0.05) is 0 Å². The molecule has 2 heterocycles. The van der Waals surface area contributed by atoms with Crippen LogP contribution in [0.25, 0.3) is 6.08 Å². The highest BCUT2D eigenvalue weighted by molar-refractivity contribution is 7.07. The van der Waals surface area contributed by atoms with Gasteiger partial charge in [0.2, 0.25) is 0 Å². The van der Waals surface area contributed by atoms with Crippen molar-refractivity contribution < 1.29 is 24.1 Å². The first-order valence-electron chi connectivity index (χ1n) is 10.6. The maximum Gasteiger partial charge on any atom is 0.338 e. The fraction of sp³-hybridized carbons (Fsp3) is 0.240. The lowest BCUT2D eigenvalue weighted by Crippen LogP contribution is -2.39. The van der Waals surface area contributed by atoms with Crippen LogP contribution >= 0.6 is 11.3 Å². The van der Waals surface area contributed by atoms with Crippen molar-refractivity contribution in [1.29, 1.82) is 0 Å². The Morgan fingerprint density at radius 3 is 2.62 bits per heavy atom. The quantitative estimate of drug-likeness (QED) is 0.545. The van der Waals surface area contributed by atoms with Crippen molar-refractivity contribution in [3.8, 4) is 17.2 Å². The molecule has 3 aromatic rings. The van der Waals surface area contributed by atoms with Crippen LogP contribution in [0.15, 0.2) is 63.5 Å². The summed E-state index contributed by atoms with van der Waals surface area (Å²) >= 11 is 1.21. The van der Waals surface area contributed by atoms with E-state index in [1.54, 1.807) is 62.4 Å². The molecule has 2 aromatic carbocycles. The van der Waals surface area contributed by atoms with Gasteiger partial charge in [-0.1, -0.05) is 29.5 Å². The summed E-state index contributed by atoms with van der Waals surface area (Å²) in [6, 6.07) is 11.1. The van der Waals surface area contributed by atoms with E-state index in [9.17, 15) is 14.7 Å². The summed E-state index contributed by atoms with van der Waals surface area (Å²) in [6.45, 7) is 3.65. The van der Waals surface area contributed by atoms with E-state index >= 15 is 0 Å². The molecule has 0 saturated heterocycles. The van der Waals surface area contributed by atoms with Crippen LogP contribution in [-0.4, -0.2) is 36.5 Å². The third-order valence-corrected chi connectivity index (χ3v) is 6.39. The van der Waals surface area contributed by atoms with Gasteiger partial charge in [0.15, 0.2) is 16.3 Å². The minimum absolute atomic E-state index is 0.102. The first-order chi connectivity index (χ1) is 16.4. The van der Waals surface area contributed by atoms with Crippen LogP contribution in [0.1, 0.15) is 31.0 Å². The molecule has 0 bridgehead atoms. The van der Waals surface area contributed by atoms with Gasteiger partial charge in [-0.05, 0) is 55.3 Å². The number of hydrogen-bond donors (Lipinski definition) is 1. The van der Waals surface area contributed by atoms with E-state index in [1.807, 2.05) is 0 Å². The summed E-state index contributed by atoms with van der Waals surface area (Å²) in [5.74, 6) is 0.566. The van der Waals surface area contributed by atoms with E-state index in [4.69, 9.17) is 14.2 Å². The molecular weight excluding hydrogens is 456 g/mol. The van der Waals surface area contributed by atoms with Gasteiger partial charge < -0.3 is 19.3 Å². The van der Waals surface area contributed by atoms with E-state index in [2.05, 4.69) is 4.99 Å². The van der Waals surface area contributed by atoms with Crippen molar-refractivity contribution in [3.05, 3.63) is 84.5 Å². The third kappa shape index (κ3) is 4.22. The number of phenols is 1. The molecule has 1 aliphatic heterocycles. The van der Waals surface area contributed by atoms with Gasteiger partial charge in [-0.3, -0.25) is 9.36 Å². The molecule has 1 aliphatic rings. The number of aromatic nitrogens is 1. The molecule has 0 spiro atoms. The standard InChI is InChI=1S/C25H24N2O6S/c1-5-33-24(30)21-14(2)26-25-27(22(21)16-9-10-18(31-3)19(13-16)32-4)23(29)20(34-25)12-15-7-6-8-17(28)11-15/h6-13,22,28H,5H2,1-4H3/b20-12+/t22-/m1/s1. The Balaban J connectivity index is 1.97. The van der Waals surface area contributed by atoms with Crippen LogP contribution in [0.5, 0.6) is 17.2 Å². The second-order valence-corrected chi connectivity index (χ2v) is 8.52. The van der Waals surface area contributed by atoms with Gasteiger partial charge >= 0.3 is 5.97 Å². The number of methoxy groups -OCH3 is 2. The van der Waals surface area contributed by atoms with Gasteiger partial charge in [-0.15, -0.1) is 0 Å². The monoisotopic (exact) mass is 480 g/mol. The Bertz CT molecular complexity index is 1470. The molecule has 0 radical (unpaired) electrons. The molecule has 4 rings (SSSR count). The lowest BCUT2D eigenvalue weighted by atomic mass is 9.95. The number of benzene rings is 2. The molecule has 0 unspecified atom stereocenters. The minimum Gasteiger partial charge on any atom is -0.508 e. The topological polar surface area (TPSA) is 99.4 Å². The Kier molecular flexibility index (Phi) is 6.56. The maximum absolute atomic E-state index is 13.6. The number of thiazole rings is 1. The van der Waals surface area contributed by atoms with Gasteiger partial charge in [0.1, 0.15) is 5.75 Å². The number of hydrogen-bond acceptors (Lipinski definition) is 8. The highest BCUT2D eigenvalue weighted by atomic mass is 32.1. The molecule has 1 atom stereocenters. The first kappa shape index (κ1) is 23.3. The Labute approximate surface area is 199 Å². The molecule has 0 amide bonds. The van der Waals surface area contributed by atoms with Gasteiger partial charge in [-0.25, -0.2) is 9.79 Å². The number of allylic oxidation sites excluding steroid dienone is 1. The van der Waals surface area contributed by atoms with Crippen LogP contribution < -0.4 is 24.4 Å². The average molecular weight is 481 g/mol. The number of carbonyl (C=O) groups excluding carboxylic acids is 1. The SMILES string of the molecule is CCOC(=O)C1=C(C)N=c2s/c(=C/c3cccc(O)c3)c(=O)n2[C@@H]1c1ccc(OC)c(OC)c1. The second kappa shape index (κ2) is 9.56. The zero-order valence-electron chi connectivity index (χ0n) is 19.2. The maximum atomic E-state index is 13.6. The number of aromatic hydroxyl groups is 1. The number of fused-ring (bicyclic) bond motifs is 1. The van der Waals surface area contributed by atoms with Crippen molar-refractivity contribution in [2.75, 3.05) is 20.8 Å². The fourth-order valence-electron chi connectivity index (χ4n) is 3.90. The molecule has 34 heavy (non-hydrogen) atoms. The molecule has 1 N–H and O–H groups in total. The predicted octanol–water partition coefficient (Wildman–Crippen LogP) is 2.52. The summed E-state index contributed by atoms with van der Waals surface area (Å²) in [4.78, 5) is 31.6. The molecule has 0 saturated carbocycles. The van der Waals surface area contributed by atoms with Crippen LogP contribution in [0.3, 0.4) is 0 Å². The van der Waals surface area contributed by atoms with Crippen molar-refractivity contribution in [1.82, 2.24) is 4.57 Å². The molecule has 176 valence electrons. The molecule has 1 aromatic heterocycles. The lowest BCUT2D eigenvalue weighted by molar-refractivity contribution is -0.139. The summed E-state index contributed by atoms with van der Waals surface area (Å²) in [5.41, 5.74) is 1.78. The highest BCUT2D eigenvalue weighted by Gasteiger charge is 2.33. The summed E-state index contributed by atoms with van der Waals surface area (Å²) in [6.07, 6.45) is 1.69. The van der Waals surface area contributed by atoms with Crippen LogP contribution in [0.2, 0.25) is 0 Å². The van der Waals surface area contributed by atoms with E-state index in [-0.39, 0.29) is 23.5 Å². The zero-order valence-corrected chi connectivity index (χ0v) is 20.0. The van der Waals surface area contributed by atoms with Crippen molar-refractivity contribution in [3.63, 3.8) is 0 Å². The lowest BCUT2D eigenvalue weighted by Gasteiger charge is -2.25. The number of esters is 1. The van der Waals surface area contributed by atoms with E-state index in [0.717, 1.165) is 0 Å². The van der Waals surface area contributed by atoms with E-state index in [1.165, 1.54) is 30.1 Å². The summed E-state index contributed by atoms with van der Waals surface area (Å²) in [5, 5.41) is 9.79. The zero-order chi connectivity index (χ0) is 24.4. The van der Waals surface area contributed by atoms with Crippen LogP contribution in [0, 0.1) is 0 Å². The minimum atomic E-state index is -0.763. The normalized spacial score (nSPS) is 15.5. The van der Waals surface area contributed by atoms with Crippen molar-refractivity contribution in [2.24, 2.45) is 4.99 Å². The molecule has 0 fully saturated rings. The predicted molar refractivity (Wildman–Crippen MR) is 128 cm³/mol. The number of nitrogens with zero attached hydrogens (tertiary/aromatic N) is 2. The van der Waals surface area contributed by atoms with E-state index in [0.29, 0.717) is 37.7 Å². The third-order valence-electron chi connectivity index (χ3n) is 5.41. The molecule has 8 nitrogen and oxygen atoms in total.